The third kappa shape index (κ3) is 3.33. The predicted molar refractivity (Wildman–Crippen MR) is 70.6 cm³/mol. The van der Waals surface area contributed by atoms with Crippen LogP contribution >= 0.6 is 0 Å². The van der Waals surface area contributed by atoms with Crippen LogP contribution in [0.1, 0.15) is 37.8 Å². The summed E-state index contributed by atoms with van der Waals surface area (Å²) in [6.07, 6.45) is 4.34. The lowest BCUT2D eigenvalue weighted by atomic mass is 10.0. The van der Waals surface area contributed by atoms with Gasteiger partial charge in [0.05, 0.1) is 12.6 Å². The van der Waals surface area contributed by atoms with Gasteiger partial charge in [-0.05, 0) is 31.9 Å². The minimum absolute atomic E-state index is 0.187. The first kappa shape index (κ1) is 14.9. The van der Waals surface area contributed by atoms with Crippen molar-refractivity contribution in [3.05, 3.63) is 47.0 Å². The molecule has 0 saturated carbocycles. The van der Waals surface area contributed by atoms with E-state index in [1.807, 2.05) is 13.0 Å². The third-order valence-electron chi connectivity index (χ3n) is 3.18. The first-order valence-corrected chi connectivity index (χ1v) is 6.84. The number of rotatable bonds is 5. The molecular weight excluding hydrogens is 267 g/mol. The molecule has 1 heterocycles. The Hall–Kier alpha value is -1.49. The summed E-state index contributed by atoms with van der Waals surface area (Å²) in [5, 5.41) is 3.06. The number of hydrogen-bond acceptors (Lipinski definition) is 2. The van der Waals surface area contributed by atoms with Crippen LogP contribution in [0.2, 0.25) is 0 Å². The average Bonchev–Trinajstić information content (AvgIpc) is 2.42. The standard InChI is InChI=1S/C15H18F3NO/c1-2-6-19-15(13-5-3-4-7-20-13)14-11(17)8-10(16)9-12(14)18/h5,8-9,15,19H,2-4,6-7H2,1H3. The highest BCUT2D eigenvalue weighted by Crippen LogP contribution is 2.30. The van der Waals surface area contributed by atoms with Gasteiger partial charge in [-0.25, -0.2) is 13.2 Å². The van der Waals surface area contributed by atoms with Gasteiger partial charge >= 0.3 is 0 Å². The predicted octanol–water partition coefficient (Wildman–Crippen LogP) is 3.84. The molecule has 0 aromatic heterocycles. The summed E-state index contributed by atoms with van der Waals surface area (Å²) in [5.74, 6) is -2.21. The first-order valence-electron chi connectivity index (χ1n) is 6.84. The second-order valence-electron chi connectivity index (χ2n) is 4.77. The maximum atomic E-state index is 13.9. The smallest absolute Gasteiger partial charge is 0.134 e. The minimum Gasteiger partial charge on any atom is -0.496 e. The molecular formula is C15H18F3NO. The molecule has 5 heteroatoms. The van der Waals surface area contributed by atoms with E-state index in [2.05, 4.69) is 5.32 Å². The molecule has 1 unspecified atom stereocenters. The van der Waals surface area contributed by atoms with Gasteiger partial charge in [-0.1, -0.05) is 6.92 Å². The number of halogens is 3. The fourth-order valence-electron chi connectivity index (χ4n) is 2.24. The Labute approximate surface area is 116 Å². The molecule has 0 spiro atoms. The van der Waals surface area contributed by atoms with Gasteiger partial charge in [-0.3, -0.25) is 0 Å². The number of benzene rings is 1. The van der Waals surface area contributed by atoms with Gasteiger partial charge in [0.25, 0.3) is 0 Å². The Balaban J connectivity index is 2.38. The quantitative estimate of drug-likeness (QED) is 0.887. The summed E-state index contributed by atoms with van der Waals surface area (Å²) < 4.78 is 46.4. The van der Waals surface area contributed by atoms with Crippen LogP contribution in [0.5, 0.6) is 0 Å². The number of ether oxygens (including phenoxy) is 1. The van der Waals surface area contributed by atoms with Crippen LogP contribution in [0.3, 0.4) is 0 Å². The zero-order valence-corrected chi connectivity index (χ0v) is 11.4. The topological polar surface area (TPSA) is 21.3 Å². The van der Waals surface area contributed by atoms with E-state index in [1.54, 1.807) is 0 Å². The van der Waals surface area contributed by atoms with Crippen molar-refractivity contribution in [3.63, 3.8) is 0 Å². The van der Waals surface area contributed by atoms with Gasteiger partial charge in [0, 0.05) is 17.7 Å². The van der Waals surface area contributed by atoms with E-state index in [-0.39, 0.29) is 5.56 Å². The molecule has 1 atom stereocenters. The first-order chi connectivity index (χ1) is 9.63. The van der Waals surface area contributed by atoms with Crippen molar-refractivity contribution in [1.82, 2.24) is 5.32 Å². The van der Waals surface area contributed by atoms with Crippen LogP contribution in [0.4, 0.5) is 13.2 Å². The second-order valence-corrected chi connectivity index (χ2v) is 4.77. The van der Waals surface area contributed by atoms with Crippen molar-refractivity contribution in [2.24, 2.45) is 0 Å². The lowest BCUT2D eigenvalue weighted by Crippen LogP contribution is -2.28. The van der Waals surface area contributed by atoms with Gasteiger partial charge < -0.3 is 10.1 Å². The molecule has 20 heavy (non-hydrogen) atoms. The summed E-state index contributed by atoms with van der Waals surface area (Å²) >= 11 is 0. The van der Waals surface area contributed by atoms with Crippen molar-refractivity contribution in [2.45, 2.75) is 32.2 Å². The summed E-state index contributed by atoms with van der Waals surface area (Å²) in [6.45, 7) is 3.07. The minimum atomic E-state index is -0.920. The summed E-state index contributed by atoms with van der Waals surface area (Å²) in [5.41, 5.74) is -0.187. The molecule has 2 rings (SSSR count). The molecule has 1 aromatic carbocycles. The Morgan fingerprint density at radius 1 is 1.25 bits per heavy atom. The summed E-state index contributed by atoms with van der Waals surface area (Å²) in [4.78, 5) is 0. The fourth-order valence-corrected chi connectivity index (χ4v) is 2.24. The van der Waals surface area contributed by atoms with E-state index in [4.69, 9.17) is 4.74 Å². The van der Waals surface area contributed by atoms with Crippen molar-refractivity contribution in [2.75, 3.05) is 13.2 Å². The molecule has 1 aliphatic heterocycles. The average molecular weight is 285 g/mol. The molecule has 1 aromatic rings. The molecule has 0 radical (unpaired) electrons. The van der Waals surface area contributed by atoms with Crippen LogP contribution in [0.15, 0.2) is 24.0 Å². The monoisotopic (exact) mass is 285 g/mol. The largest absolute Gasteiger partial charge is 0.496 e. The maximum Gasteiger partial charge on any atom is 0.134 e. The Morgan fingerprint density at radius 2 is 1.95 bits per heavy atom. The Bertz CT molecular complexity index is 479. The molecule has 110 valence electrons. The van der Waals surface area contributed by atoms with E-state index in [0.29, 0.717) is 31.0 Å². The van der Waals surface area contributed by atoms with Crippen molar-refractivity contribution in [3.8, 4) is 0 Å². The lowest BCUT2D eigenvalue weighted by Gasteiger charge is -2.25. The lowest BCUT2D eigenvalue weighted by molar-refractivity contribution is 0.165. The third-order valence-corrected chi connectivity index (χ3v) is 3.18. The van der Waals surface area contributed by atoms with Crippen LogP contribution < -0.4 is 5.32 Å². The van der Waals surface area contributed by atoms with Crippen molar-refractivity contribution < 1.29 is 17.9 Å². The SMILES string of the molecule is CCCNC(C1=CCCCO1)c1c(F)cc(F)cc1F. The number of allylic oxidation sites excluding steroid dienone is 1. The molecule has 1 N–H and O–H groups in total. The summed E-state index contributed by atoms with van der Waals surface area (Å²) in [6, 6.07) is 0.682. The van der Waals surface area contributed by atoms with Crippen LogP contribution in [0.25, 0.3) is 0 Å². The van der Waals surface area contributed by atoms with Gasteiger partial charge in [-0.2, -0.15) is 0 Å². The maximum absolute atomic E-state index is 13.9. The Morgan fingerprint density at radius 3 is 2.50 bits per heavy atom. The van der Waals surface area contributed by atoms with Crippen LogP contribution in [0, 0.1) is 17.5 Å². The van der Waals surface area contributed by atoms with Gasteiger partial charge in [0.1, 0.15) is 23.2 Å². The highest BCUT2D eigenvalue weighted by molar-refractivity contribution is 5.30. The highest BCUT2D eigenvalue weighted by atomic mass is 19.1. The Kier molecular flexibility index (Phi) is 5.06. The zero-order valence-electron chi connectivity index (χ0n) is 11.4. The molecule has 0 fully saturated rings. The van der Waals surface area contributed by atoms with E-state index in [1.165, 1.54) is 0 Å². The molecule has 1 aliphatic rings. The normalized spacial score (nSPS) is 16.5. The van der Waals surface area contributed by atoms with E-state index < -0.39 is 23.5 Å². The molecule has 0 saturated heterocycles. The molecule has 0 amide bonds. The van der Waals surface area contributed by atoms with Gasteiger partial charge in [-0.15, -0.1) is 0 Å². The van der Waals surface area contributed by atoms with Crippen molar-refractivity contribution >= 4 is 0 Å². The summed E-state index contributed by atoms with van der Waals surface area (Å²) in [7, 11) is 0. The van der Waals surface area contributed by atoms with E-state index >= 15 is 0 Å². The molecule has 2 nitrogen and oxygen atoms in total. The fraction of sp³-hybridized carbons (Fsp3) is 0.467. The zero-order chi connectivity index (χ0) is 14.5. The number of nitrogens with one attached hydrogen (secondary N) is 1. The van der Waals surface area contributed by atoms with E-state index in [9.17, 15) is 13.2 Å². The van der Waals surface area contributed by atoms with Crippen LogP contribution in [-0.2, 0) is 4.74 Å². The number of hydrogen-bond donors (Lipinski definition) is 1. The van der Waals surface area contributed by atoms with Crippen LogP contribution in [-0.4, -0.2) is 13.2 Å². The van der Waals surface area contributed by atoms with E-state index in [0.717, 1.165) is 19.3 Å². The van der Waals surface area contributed by atoms with Crippen molar-refractivity contribution in [1.29, 1.82) is 0 Å². The van der Waals surface area contributed by atoms with Gasteiger partial charge in [0.2, 0.25) is 0 Å². The second kappa shape index (κ2) is 6.79. The highest BCUT2D eigenvalue weighted by Gasteiger charge is 2.26. The van der Waals surface area contributed by atoms with Gasteiger partial charge in [0.15, 0.2) is 0 Å². The molecule has 0 aliphatic carbocycles. The molecule has 0 bridgehead atoms.